The Morgan fingerprint density at radius 1 is 1.33 bits per heavy atom. The van der Waals surface area contributed by atoms with Gasteiger partial charge in [-0.1, -0.05) is 22.6 Å². The summed E-state index contributed by atoms with van der Waals surface area (Å²) in [5.74, 6) is -0.897. The zero-order valence-electron chi connectivity index (χ0n) is 14.2. The molecule has 0 aliphatic rings. The summed E-state index contributed by atoms with van der Waals surface area (Å²) in [7, 11) is 1.29. The van der Waals surface area contributed by atoms with Gasteiger partial charge in [0.25, 0.3) is 11.6 Å². The second-order valence-corrected chi connectivity index (χ2v) is 7.43. The average molecular weight is 400 g/mol. The van der Waals surface area contributed by atoms with Gasteiger partial charge in [0.2, 0.25) is 0 Å². The molecule has 0 aliphatic carbocycles. The number of rotatable bonds is 4. The lowest BCUT2D eigenvalue weighted by atomic mass is 10.1. The molecule has 0 aliphatic heterocycles. The second kappa shape index (κ2) is 6.89. The van der Waals surface area contributed by atoms with E-state index in [0.29, 0.717) is 27.2 Å². The van der Waals surface area contributed by atoms with Crippen LogP contribution in [0.5, 0.6) is 0 Å². The quantitative estimate of drug-likeness (QED) is 0.520. The summed E-state index contributed by atoms with van der Waals surface area (Å²) < 4.78 is 9.92. The van der Waals surface area contributed by atoms with Crippen molar-refractivity contribution >= 4 is 50.8 Å². The van der Waals surface area contributed by atoms with Crippen LogP contribution in [0.2, 0.25) is 0 Å². The lowest BCUT2D eigenvalue weighted by molar-refractivity contribution is 0.0606. The number of fused-ring (bicyclic) bond motifs is 1. The van der Waals surface area contributed by atoms with Crippen LogP contribution in [0.15, 0.2) is 34.3 Å². The minimum atomic E-state index is -0.505. The molecule has 0 aromatic carbocycles. The van der Waals surface area contributed by atoms with E-state index in [-0.39, 0.29) is 10.8 Å². The van der Waals surface area contributed by atoms with E-state index in [1.807, 2.05) is 17.5 Å². The highest BCUT2D eigenvalue weighted by atomic mass is 32.1. The summed E-state index contributed by atoms with van der Waals surface area (Å²) in [5, 5.41) is 9.38. The molecule has 0 saturated carbocycles. The average Bonchev–Trinajstić information content (AvgIpc) is 3.42. The van der Waals surface area contributed by atoms with Crippen molar-refractivity contribution in [3.05, 3.63) is 45.9 Å². The molecule has 1 amide bonds. The molecule has 0 radical (unpaired) electrons. The monoisotopic (exact) mass is 400 g/mol. The van der Waals surface area contributed by atoms with E-state index < -0.39 is 11.9 Å². The molecule has 0 atom stereocenters. The zero-order valence-corrected chi connectivity index (χ0v) is 15.8. The standard InChI is InChI=1S/C17H12N4O4S2/c1-8-13-9(14(22)20-17-18-7-12(27-17)16(23)24-2)6-10(11-4-3-5-26-11)19-15(13)25-21-8/h3-7H,1-2H3,(H,18,20,22). The number of aromatic nitrogens is 3. The van der Waals surface area contributed by atoms with Gasteiger partial charge < -0.3 is 9.26 Å². The first-order chi connectivity index (χ1) is 13.1. The van der Waals surface area contributed by atoms with Crippen LogP contribution in [0.3, 0.4) is 0 Å². The first-order valence-electron chi connectivity index (χ1n) is 7.73. The summed E-state index contributed by atoms with van der Waals surface area (Å²) in [4.78, 5) is 34.1. The summed E-state index contributed by atoms with van der Waals surface area (Å²) >= 11 is 2.54. The number of pyridine rings is 1. The summed E-state index contributed by atoms with van der Waals surface area (Å²) in [6, 6.07) is 5.51. The molecule has 0 bridgehead atoms. The number of nitrogens with zero attached hydrogens (tertiary/aromatic N) is 3. The van der Waals surface area contributed by atoms with E-state index in [4.69, 9.17) is 4.52 Å². The normalized spacial score (nSPS) is 10.9. The van der Waals surface area contributed by atoms with Gasteiger partial charge in [0.1, 0.15) is 4.88 Å². The predicted molar refractivity (Wildman–Crippen MR) is 101 cm³/mol. The van der Waals surface area contributed by atoms with E-state index >= 15 is 0 Å². The molecular formula is C17H12N4O4S2. The fourth-order valence-corrected chi connectivity index (χ4v) is 3.93. The fraction of sp³-hybridized carbons (Fsp3) is 0.118. The van der Waals surface area contributed by atoms with Crippen molar-refractivity contribution in [2.45, 2.75) is 6.92 Å². The molecular weight excluding hydrogens is 388 g/mol. The van der Waals surface area contributed by atoms with Crippen molar-refractivity contribution in [2.24, 2.45) is 0 Å². The Balaban J connectivity index is 1.73. The highest BCUT2D eigenvalue weighted by Gasteiger charge is 2.21. The van der Waals surface area contributed by atoms with E-state index in [0.717, 1.165) is 16.2 Å². The lowest BCUT2D eigenvalue weighted by Gasteiger charge is -2.05. The van der Waals surface area contributed by atoms with Crippen molar-refractivity contribution in [1.29, 1.82) is 0 Å². The largest absolute Gasteiger partial charge is 0.465 e. The third-order valence-electron chi connectivity index (χ3n) is 3.75. The fourth-order valence-electron chi connectivity index (χ4n) is 2.52. The number of hydrogen-bond donors (Lipinski definition) is 1. The Morgan fingerprint density at radius 3 is 2.93 bits per heavy atom. The molecule has 0 unspecified atom stereocenters. The SMILES string of the molecule is COC(=O)c1cnc(NC(=O)c2cc(-c3cccs3)nc3onc(C)c23)s1. The van der Waals surface area contributed by atoms with Crippen LogP contribution < -0.4 is 5.32 Å². The van der Waals surface area contributed by atoms with Crippen LogP contribution in [-0.2, 0) is 4.74 Å². The highest BCUT2D eigenvalue weighted by molar-refractivity contribution is 7.17. The minimum Gasteiger partial charge on any atom is -0.465 e. The van der Waals surface area contributed by atoms with Gasteiger partial charge in [0, 0.05) is 0 Å². The third kappa shape index (κ3) is 3.20. The number of carbonyl (C=O) groups excluding carboxylic acids is 2. The molecule has 8 nitrogen and oxygen atoms in total. The van der Waals surface area contributed by atoms with Gasteiger partial charge in [-0.15, -0.1) is 11.3 Å². The van der Waals surface area contributed by atoms with Gasteiger partial charge in [-0.25, -0.2) is 14.8 Å². The Kier molecular flexibility index (Phi) is 4.42. The molecule has 0 fully saturated rings. The molecule has 27 heavy (non-hydrogen) atoms. The number of hydrogen-bond acceptors (Lipinski definition) is 9. The van der Waals surface area contributed by atoms with Crippen LogP contribution in [-0.4, -0.2) is 34.1 Å². The maximum absolute atomic E-state index is 12.9. The Labute approximate surface area is 160 Å². The first kappa shape index (κ1) is 17.3. The predicted octanol–water partition coefficient (Wildman–Crippen LogP) is 3.76. The van der Waals surface area contributed by atoms with E-state index in [2.05, 4.69) is 25.2 Å². The van der Waals surface area contributed by atoms with Gasteiger partial charge >= 0.3 is 5.97 Å². The van der Waals surface area contributed by atoms with Crippen molar-refractivity contribution in [1.82, 2.24) is 15.1 Å². The number of methoxy groups -OCH3 is 1. The number of anilines is 1. The number of amides is 1. The maximum Gasteiger partial charge on any atom is 0.349 e. The number of carbonyl (C=O) groups is 2. The number of aryl methyl sites for hydroxylation is 1. The topological polar surface area (TPSA) is 107 Å². The van der Waals surface area contributed by atoms with Crippen molar-refractivity contribution < 1.29 is 18.8 Å². The summed E-state index contributed by atoms with van der Waals surface area (Å²) in [5.41, 5.74) is 1.85. The number of esters is 1. The number of ether oxygens (including phenoxy) is 1. The molecule has 4 rings (SSSR count). The van der Waals surface area contributed by atoms with Crippen molar-refractivity contribution in [2.75, 3.05) is 12.4 Å². The third-order valence-corrected chi connectivity index (χ3v) is 5.53. The van der Waals surface area contributed by atoms with Crippen LogP contribution in [0.4, 0.5) is 5.13 Å². The molecule has 0 saturated heterocycles. The molecule has 10 heteroatoms. The van der Waals surface area contributed by atoms with E-state index in [9.17, 15) is 9.59 Å². The van der Waals surface area contributed by atoms with Crippen LogP contribution in [0.1, 0.15) is 25.7 Å². The Bertz CT molecular complexity index is 1150. The highest BCUT2D eigenvalue weighted by Crippen LogP contribution is 2.30. The minimum absolute atomic E-state index is 0.289. The molecule has 0 spiro atoms. The number of thiazole rings is 1. The lowest BCUT2D eigenvalue weighted by Crippen LogP contribution is -2.12. The summed E-state index contributed by atoms with van der Waals surface area (Å²) in [6.07, 6.45) is 1.36. The smallest absolute Gasteiger partial charge is 0.349 e. The number of thiophene rings is 1. The first-order valence-corrected chi connectivity index (χ1v) is 9.43. The van der Waals surface area contributed by atoms with Gasteiger partial charge in [0.05, 0.1) is 40.5 Å². The molecule has 4 aromatic heterocycles. The van der Waals surface area contributed by atoms with Crippen LogP contribution in [0.25, 0.3) is 21.7 Å². The Hall–Kier alpha value is -3.11. The second-order valence-electron chi connectivity index (χ2n) is 5.46. The van der Waals surface area contributed by atoms with Gasteiger partial charge in [0.15, 0.2) is 5.13 Å². The van der Waals surface area contributed by atoms with E-state index in [1.165, 1.54) is 24.6 Å². The van der Waals surface area contributed by atoms with Crippen LogP contribution in [0, 0.1) is 6.92 Å². The summed E-state index contributed by atoms with van der Waals surface area (Å²) in [6.45, 7) is 1.74. The molecule has 4 aromatic rings. The van der Waals surface area contributed by atoms with Gasteiger partial charge in [-0.2, -0.15) is 0 Å². The maximum atomic E-state index is 12.9. The molecule has 136 valence electrons. The van der Waals surface area contributed by atoms with Gasteiger partial charge in [-0.3, -0.25) is 10.1 Å². The van der Waals surface area contributed by atoms with Crippen LogP contribution >= 0.6 is 22.7 Å². The zero-order chi connectivity index (χ0) is 19.0. The van der Waals surface area contributed by atoms with Crippen molar-refractivity contribution in [3.8, 4) is 10.6 Å². The molecule has 4 heterocycles. The van der Waals surface area contributed by atoms with Gasteiger partial charge in [-0.05, 0) is 24.4 Å². The van der Waals surface area contributed by atoms with E-state index in [1.54, 1.807) is 13.0 Å². The Morgan fingerprint density at radius 2 is 2.19 bits per heavy atom. The van der Waals surface area contributed by atoms with Crippen molar-refractivity contribution in [3.63, 3.8) is 0 Å². The number of nitrogens with one attached hydrogen (secondary N) is 1. The molecule has 1 N–H and O–H groups in total.